The number of hydrogen-bond donors (Lipinski definition) is 1. The van der Waals surface area contributed by atoms with Crippen LogP contribution in [-0.2, 0) is 7.05 Å². The number of nitrogen functional groups attached to an aromatic ring is 1. The number of benzene rings is 1. The van der Waals surface area contributed by atoms with Crippen LogP contribution >= 0.6 is 0 Å². The zero-order valence-electron chi connectivity index (χ0n) is 12.2. The van der Waals surface area contributed by atoms with E-state index in [-0.39, 0.29) is 0 Å². The van der Waals surface area contributed by atoms with Gasteiger partial charge in [0.1, 0.15) is 5.75 Å². The fourth-order valence-electron chi connectivity index (χ4n) is 2.28. The zero-order chi connectivity index (χ0) is 14.2. The summed E-state index contributed by atoms with van der Waals surface area (Å²) in [5.74, 6) is 1.86. The summed E-state index contributed by atoms with van der Waals surface area (Å²) >= 11 is 0. The van der Waals surface area contributed by atoms with Gasteiger partial charge in [-0.15, -0.1) is 0 Å². The number of rotatable bonds is 3. The minimum atomic E-state index is 0.403. The summed E-state index contributed by atoms with van der Waals surface area (Å²) in [6, 6.07) is 4.25. The lowest BCUT2D eigenvalue weighted by Crippen LogP contribution is -2.01. The third kappa shape index (κ3) is 2.30. The Balaban J connectivity index is 2.64. The average Bonchev–Trinajstić information content (AvgIpc) is 2.69. The van der Waals surface area contributed by atoms with Gasteiger partial charge in [-0.1, -0.05) is 13.8 Å². The first-order chi connectivity index (χ1) is 8.95. The summed E-state index contributed by atoms with van der Waals surface area (Å²) in [5.41, 5.74) is 10.3. The molecular weight excluding hydrogens is 238 g/mol. The molecular formula is C15H21N3O. The molecule has 0 amide bonds. The molecule has 0 unspecified atom stereocenters. The molecule has 0 aliphatic carbocycles. The first-order valence-electron chi connectivity index (χ1n) is 6.41. The maximum absolute atomic E-state index is 5.81. The van der Waals surface area contributed by atoms with Crippen molar-refractivity contribution < 1.29 is 4.74 Å². The molecule has 0 atom stereocenters. The van der Waals surface area contributed by atoms with Gasteiger partial charge in [0.2, 0.25) is 0 Å². The van der Waals surface area contributed by atoms with Gasteiger partial charge in [0, 0.05) is 12.6 Å². The molecule has 0 fully saturated rings. The first kappa shape index (κ1) is 13.5. The first-order valence-corrected chi connectivity index (χ1v) is 6.41. The van der Waals surface area contributed by atoms with Crippen LogP contribution < -0.4 is 10.5 Å². The summed E-state index contributed by atoms with van der Waals surface area (Å²) < 4.78 is 7.37. The van der Waals surface area contributed by atoms with Gasteiger partial charge in [-0.05, 0) is 36.1 Å². The lowest BCUT2D eigenvalue weighted by molar-refractivity contribution is 0.407. The maximum atomic E-state index is 5.81. The van der Waals surface area contributed by atoms with Crippen molar-refractivity contribution in [3.63, 3.8) is 0 Å². The van der Waals surface area contributed by atoms with E-state index in [2.05, 4.69) is 37.9 Å². The molecule has 4 heteroatoms. The third-order valence-electron chi connectivity index (χ3n) is 3.50. The Kier molecular flexibility index (Phi) is 3.51. The van der Waals surface area contributed by atoms with Gasteiger partial charge in [-0.2, -0.15) is 0 Å². The number of nitrogens with two attached hydrogens (primary N) is 1. The van der Waals surface area contributed by atoms with Crippen LogP contribution in [0.5, 0.6) is 5.75 Å². The van der Waals surface area contributed by atoms with E-state index >= 15 is 0 Å². The molecule has 19 heavy (non-hydrogen) atoms. The van der Waals surface area contributed by atoms with Gasteiger partial charge in [0.05, 0.1) is 19.0 Å². The molecule has 0 aliphatic rings. The highest BCUT2D eigenvalue weighted by atomic mass is 16.5. The number of hydrogen-bond acceptors (Lipinski definition) is 3. The van der Waals surface area contributed by atoms with Gasteiger partial charge in [0.25, 0.3) is 0 Å². The highest BCUT2D eigenvalue weighted by Gasteiger charge is 2.15. The molecule has 2 aromatic rings. The summed E-state index contributed by atoms with van der Waals surface area (Å²) in [4.78, 5) is 4.16. The molecule has 1 heterocycles. The lowest BCUT2D eigenvalue weighted by atomic mass is 9.95. The van der Waals surface area contributed by atoms with Gasteiger partial charge in [-0.3, -0.25) is 0 Å². The fourth-order valence-corrected chi connectivity index (χ4v) is 2.28. The minimum absolute atomic E-state index is 0.403. The molecule has 4 nitrogen and oxygen atoms in total. The van der Waals surface area contributed by atoms with Crippen LogP contribution in [0.2, 0.25) is 0 Å². The van der Waals surface area contributed by atoms with Crippen molar-refractivity contribution in [3.8, 4) is 17.0 Å². The second-order valence-corrected chi connectivity index (χ2v) is 5.12. The lowest BCUT2D eigenvalue weighted by Gasteiger charge is -2.16. The molecule has 0 aliphatic heterocycles. The molecule has 0 spiro atoms. The van der Waals surface area contributed by atoms with E-state index in [0.717, 1.165) is 22.6 Å². The molecule has 0 bridgehead atoms. The monoisotopic (exact) mass is 259 g/mol. The quantitative estimate of drug-likeness (QED) is 0.921. The van der Waals surface area contributed by atoms with E-state index < -0.39 is 0 Å². The Morgan fingerprint density at radius 1 is 1.32 bits per heavy atom. The number of aryl methyl sites for hydroxylation is 1. The van der Waals surface area contributed by atoms with E-state index in [1.54, 1.807) is 7.11 Å². The highest BCUT2D eigenvalue weighted by molar-refractivity contribution is 5.68. The van der Waals surface area contributed by atoms with Crippen LogP contribution in [0.25, 0.3) is 11.3 Å². The number of imidazole rings is 1. The van der Waals surface area contributed by atoms with Crippen LogP contribution in [0, 0.1) is 6.92 Å². The topological polar surface area (TPSA) is 53.1 Å². The van der Waals surface area contributed by atoms with Gasteiger partial charge in [0.15, 0.2) is 5.95 Å². The van der Waals surface area contributed by atoms with Gasteiger partial charge < -0.3 is 15.0 Å². The van der Waals surface area contributed by atoms with E-state index in [1.807, 2.05) is 17.8 Å². The van der Waals surface area contributed by atoms with Crippen LogP contribution in [0.3, 0.4) is 0 Å². The zero-order valence-corrected chi connectivity index (χ0v) is 12.2. The molecule has 0 radical (unpaired) electrons. The Hall–Kier alpha value is -1.97. The van der Waals surface area contributed by atoms with Gasteiger partial charge in [-0.25, -0.2) is 4.98 Å². The second-order valence-electron chi connectivity index (χ2n) is 5.12. The van der Waals surface area contributed by atoms with Crippen molar-refractivity contribution in [2.75, 3.05) is 12.8 Å². The van der Waals surface area contributed by atoms with Crippen LogP contribution in [0.15, 0.2) is 18.3 Å². The summed E-state index contributed by atoms with van der Waals surface area (Å²) in [6.07, 6.45) is 1.81. The molecule has 2 rings (SSSR count). The predicted molar refractivity (Wildman–Crippen MR) is 78.4 cm³/mol. The number of ether oxygens (including phenoxy) is 1. The largest absolute Gasteiger partial charge is 0.496 e. The predicted octanol–water partition coefficient (Wildman–Crippen LogP) is 3.11. The summed E-state index contributed by atoms with van der Waals surface area (Å²) in [5, 5.41) is 0. The van der Waals surface area contributed by atoms with E-state index in [4.69, 9.17) is 10.5 Å². The van der Waals surface area contributed by atoms with Crippen molar-refractivity contribution in [2.45, 2.75) is 26.7 Å². The Morgan fingerprint density at radius 2 is 2.00 bits per heavy atom. The average molecular weight is 259 g/mol. The molecule has 1 aromatic carbocycles. The summed E-state index contributed by atoms with van der Waals surface area (Å²) in [6.45, 7) is 6.40. The summed E-state index contributed by atoms with van der Waals surface area (Å²) in [7, 11) is 3.64. The van der Waals surface area contributed by atoms with Crippen molar-refractivity contribution in [1.29, 1.82) is 0 Å². The Labute approximate surface area is 114 Å². The number of anilines is 1. The number of aromatic nitrogens is 2. The molecule has 0 saturated carbocycles. The van der Waals surface area contributed by atoms with Gasteiger partial charge >= 0.3 is 0 Å². The molecule has 0 saturated heterocycles. The SMILES string of the molecule is COc1cc(C)c(-c2cnc(N)n2C)cc1C(C)C. The smallest absolute Gasteiger partial charge is 0.200 e. The van der Waals surface area contributed by atoms with Crippen LogP contribution in [-0.4, -0.2) is 16.7 Å². The van der Waals surface area contributed by atoms with Crippen molar-refractivity contribution in [1.82, 2.24) is 9.55 Å². The number of nitrogens with zero attached hydrogens (tertiary/aromatic N) is 2. The second kappa shape index (κ2) is 4.96. The highest BCUT2D eigenvalue weighted by Crippen LogP contribution is 2.34. The maximum Gasteiger partial charge on any atom is 0.200 e. The minimum Gasteiger partial charge on any atom is -0.496 e. The van der Waals surface area contributed by atoms with E-state index in [9.17, 15) is 0 Å². The normalized spacial score (nSPS) is 11.1. The van der Waals surface area contributed by atoms with E-state index in [1.165, 1.54) is 5.56 Å². The molecule has 2 N–H and O–H groups in total. The Bertz CT molecular complexity index is 600. The van der Waals surface area contributed by atoms with Crippen molar-refractivity contribution in [2.24, 2.45) is 7.05 Å². The standard InChI is InChI=1S/C15H21N3O/c1-9(2)11-7-12(10(3)6-14(11)19-5)13-8-17-15(16)18(13)4/h6-9H,1-5H3,(H2,16,17). The Morgan fingerprint density at radius 3 is 2.47 bits per heavy atom. The fraction of sp³-hybridized carbons (Fsp3) is 0.400. The van der Waals surface area contributed by atoms with Crippen LogP contribution in [0.4, 0.5) is 5.95 Å². The third-order valence-corrected chi connectivity index (χ3v) is 3.50. The number of methoxy groups -OCH3 is 1. The van der Waals surface area contributed by atoms with Crippen molar-refractivity contribution in [3.05, 3.63) is 29.5 Å². The molecule has 1 aromatic heterocycles. The van der Waals surface area contributed by atoms with Crippen LogP contribution in [0.1, 0.15) is 30.9 Å². The molecule has 102 valence electrons. The van der Waals surface area contributed by atoms with Crippen molar-refractivity contribution >= 4 is 5.95 Å². The van der Waals surface area contributed by atoms with E-state index in [0.29, 0.717) is 11.9 Å².